The minimum absolute atomic E-state index is 0. The minimum Gasteiger partial charge on any atom is -0.418 e. The van der Waals surface area contributed by atoms with Crippen LogP contribution in [0.4, 0.5) is 17.3 Å². The minimum atomic E-state index is -6.00. The van der Waals surface area contributed by atoms with E-state index in [0.717, 1.165) is 0 Å². The maximum atomic E-state index is 9.75. The quantitative estimate of drug-likeness (QED) is 0.132. The smallest absolute Gasteiger partial charge is 0.418 e. The molecule has 0 aromatic heterocycles. The van der Waals surface area contributed by atoms with Gasteiger partial charge in [-0.25, -0.2) is 0 Å². The molecule has 0 spiro atoms. The van der Waals surface area contributed by atoms with E-state index in [4.69, 9.17) is 0 Å². The van der Waals surface area contributed by atoms with Crippen LogP contribution in [-0.4, -0.2) is 59.1 Å². The van der Waals surface area contributed by atoms with Crippen LogP contribution in [0, 0.1) is 0 Å². The van der Waals surface area contributed by atoms with Gasteiger partial charge in [0.1, 0.15) is 0 Å². The first-order valence-electron chi connectivity index (χ1n) is 16.4. The molecule has 0 bridgehead atoms. The van der Waals surface area contributed by atoms with Crippen LogP contribution >= 0.6 is 23.8 Å². The molecule has 48 heavy (non-hydrogen) atoms. The van der Waals surface area contributed by atoms with E-state index < -0.39 is 7.25 Å². The van der Waals surface area contributed by atoms with E-state index >= 15 is 0 Å². The normalized spacial score (nSPS) is 13.6. The van der Waals surface area contributed by atoms with Crippen LogP contribution in [0.3, 0.4) is 0 Å². The van der Waals surface area contributed by atoms with Crippen molar-refractivity contribution in [3.05, 3.63) is 0 Å². The molecule has 0 rings (SSSR count). The summed E-state index contributed by atoms with van der Waals surface area (Å²) in [5, 5.41) is 4.05. The van der Waals surface area contributed by atoms with Gasteiger partial charge in [-0.1, -0.05) is 211 Å². The number of halogens is 4. The molecule has 0 aromatic carbocycles. The average molecular weight is 1300 g/mol. The number of hydrogen-bond acceptors (Lipinski definition) is 0. The molecule has 0 atom stereocenters. The molecule has 1 nitrogen and oxygen atoms in total. The Balaban J connectivity index is -0.0000000748. The summed E-state index contributed by atoms with van der Waals surface area (Å²) >= 11 is 0. The van der Waals surface area contributed by atoms with E-state index in [1.54, 1.807) is 0 Å². The second-order valence-corrected chi connectivity index (χ2v) is 35.1. The Kier molecular flexibility index (Phi) is 33.7. The van der Waals surface area contributed by atoms with Crippen molar-refractivity contribution < 1.29 is 89.9 Å². The zero-order chi connectivity index (χ0) is 37.7. The van der Waals surface area contributed by atoms with E-state index in [-0.39, 0.29) is 96.4 Å². The third-order valence-electron chi connectivity index (χ3n) is 6.04. The third kappa shape index (κ3) is 35.0. The van der Waals surface area contributed by atoms with Gasteiger partial charge >= 0.3 is 29.6 Å². The molecule has 0 saturated heterocycles. The summed E-state index contributed by atoms with van der Waals surface area (Å²) in [4.78, 5) is 0. The fourth-order valence-corrected chi connectivity index (χ4v) is 27.2. The van der Waals surface area contributed by atoms with Gasteiger partial charge in [-0.15, -0.1) is 0 Å². The van der Waals surface area contributed by atoms with Crippen molar-refractivity contribution in [3.63, 3.8) is 0 Å². The monoisotopic (exact) mass is 1300 g/mol. The van der Waals surface area contributed by atoms with Crippen LogP contribution in [0.2, 0.25) is 0 Å². The maximum Gasteiger partial charge on any atom is 1.00 e. The van der Waals surface area contributed by atoms with Crippen molar-refractivity contribution in [2.75, 3.05) is 0 Å². The van der Waals surface area contributed by atoms with Crippen molar-refractivity contribution in [1.29, 1.82) is 0 Å². The molecule has 12 heteroatoms. The largest absolute Gasteiger partial charge is 1.00 e. The van der Waals surface area contributed by atoms with Crippen molar-refractivity contribution >= 4 is 31.0 Å². The molecule has 0 saturated carbocycles. The second-order valence-electron chi connectivity index (χ2n) is 21.0. The molecule has 0 unspecified atom stereocenters. The van der Waals surface area contributed by atoms with Crippen molar-refractivity contribution in [1.82, 2.24) is 0 Å². The summed E-state index contributed by atoms with van der Waals surface area (Å²) in [5.41, 5.74) is 0. The molecule has 0 fully saturated rings. The van der Waals surface area contributed by atoms with E-state index in [1.807, 2.05) is 0 Å². The number of rotatable bonds is 0. The molecule has 0 aromatic rings. The predicted molar refractivity (Wildman–Crippen MR) is 212 cm³/mol. The van der Waals surface area contributed by atoms with Crippen LogP contribution in [0.1, 0.15) is 187 Å². The van der Waals surface area contributed by atoms with E-state index in [0.29, 0.717) is 46.4 Å². The van der Waals surface area contributed by atoms with Gasteiger partial charge in [0.15, 0.2) is 0 Å². The van der Waals surface area contributed by atoms with E-state index in [1.165, 1.54) is 0 Å². The van der Waals surface area contributed by atoms with Crippen molar-refractivity contribution in [2.24, 2.45) is 0 Å². The van der Waals surface area contributed by atoms with E-state index in [9.17, 15) is 17.3 Å². The first-order valence-corrected chi connectivity index (χ1v) is 20.4. The Morgan fingerprint density at radius 1 is 0.271 bits per heavy atom. The summed E-state index contributed by atoms with van der Waals surface area (Å²) in [7, 11) is -5.95. The van der Waals surface area contributed by atoms with Gasteiger partial charge in [0, 0.05) is 44.8 Å². The molecular weight excluding hydrogens is 1220 g/mol. The summed E-state index contributed by atoms with van der Waals surface area (Å²) < 4.78 is 39.0. The predicted octanol–water partition coefficient (Wildman–Crippen LogP) is 15.1. The first kappa shape index (κ1) is 69.2. The van der Waals surface area contributed by atoms with Gasteiger partial charge in [-0.2, -0.15) is 0 Å². The van der Waals surface area contributed by atoms with Gasteiger partial charge < -0.3 is 22.7 Å². The van der Waals surface area contributed by atoms with Gasteiger partial charge in [-0.05, 0) is 46.4 Å². The SMILES string of the molecule is CC(C)(C)P(C(C)(C)C)C(C)(C)C.CC(C)(C)P(C(C)(C)C)C(C)(C)C.CC(C)(C)P(C(C)(C)C)C(C)(C)C.F[B-](F)(F)F.O.[Au+].[Au].[Au]. The van der Waals surface area contributed by atoms with Crippen LogP contribution in [-0.2, 0) is 67.1 Å². The van der Waals surface area contributed by atoms with Gasteiger partial charge in [0.25, 0.3) is 0 Å². The molecule has 312 valence electrons. The summed E-state index contributed by atoms with van der Waals surface area (Å²) in [6.45, 7) is 64.4. The molecule has 0 aliphatic heterocycles. The standard InChI is InChI=1S/3C12H27P.3Au.BF4.H2O/c3*1-10(2,3)13(11(4,5)6)12(7,8)9;;;;2-1(3,4)5;/h3*1-9H3;;;;;1H2/q;;;;;+1;-1;. The van der Waals surface area contributed by atoms with Crippen LogP contribution in [0.5, 0.6) is 0 Å². The fourth-order valence-electron chi connectivity index (χ4n) is 9.06. The number of hydrogen-bond donors (Lipinski definition) is 0. The second kappa shape index (κ2) is 23.4. The Bertz CT molecular complexity index is 607. The Morgan fingerprint density at radius 2 is 0.312 bits per heavy atom. The first-order chi connectivity index (χ1) is 18.1. The average Bonchev–Trinajstić information content (AvgIpc) is 2.37. The zero-order valence-electron chi connectivity index (χ0n) is 36.3. The van der Waals surface area contributed by atoms with Crippen molar-refractivity contribution in [3.8, 4) is 0 Å². The van der Waals surface area contributed by atoms with Crippen LogP contribution in [0.15, 0.2) is 0 Å². The molecule has 2 radical (unpaired) electrons. The van der Waals surface area contributed by atoms with Gasteiger partial charge in [-0.3, -0.25) is 0 Å². The molecule has 0 heterocycles. The van der Waals surface area contributed by atoms with Gasteiger partial charge in [0.05, 0.1) is 0 Å². The summed E-state index contributed by atoms with van der Waals surface area (Å²) in [5.74, 6) is 0. The fraction of sp³-hybridized carbons (Fsp3) is 1.00. The topological polar surface area (TPSA) is 31.5 Å². The molecule has 0 aliphatic rings. The molecule has 0 aliphatic carbocycles. The van der Waals surface area contributed by atoms with E-state index in [2.05, 4.69) is 187 Å². The summed E-state index contributed by atoms with van der Waals surface area (Å²) in [6, 6.07) is 0. The maximum absolute atomic E-state index is 9.75. The third-order valence-corrected chi connectivity index (χ3v) is 18.1. The van der Waals surface area contributed by atoms with Crippen LogP contribution in [0.25, 0.3) is 0 Å². The Labute approximate surface area is 351 Å². The zero-order valence-corrected chi connectivity index (χ0v) is 45.5. The van der Waals surface area contributed by atoms with Gasteiger partial charge in [0.2, 0.25) is 0 Å². The molecule has 2 N–H and O–H groups in total. The Morgan fingerprint density at radius 3 is 0.312 bits per heavy atom. The molecular formula is C36H83Au3BF4OP3. The van der Waals surface area contributed by atoms with Crippen LogP contribution < -0.4 is 0 Å². The Hall–Kier alpha value is 3.26. The summed E-state index contributed by atoms with van der Waals surface area (Å²) in [6.07, 6.45) is 0. The van der Waals surface area contributed by atoms with Crippen molar-refractivity contribution in [2.45, 2.75) is 233 Å². The molecule has 0 amide bonds.